The predicted molar refractivity (Wildman–Crippen MR) is 118 cm³/mol. The molecule has 8 heteroatoms. The van der Waals surface area contributed by atoms with Crippen molar-refractivity contribution in [1.29, 1.82) is 0 Å². The Morgan fingerprint density at radius 1 is 1.14 bits per heavy atom. The van der Waals surface area contributed by atoms with E-state index in [4.69, 9.17) is 23.2 Å². The predicted octanol–water partition coefficient (Wildman–Crippen LogP) is 4.79. The SMILES string of the molecule is Cc1cc(C)cc(NC(=O)[C@H]2CCCN(S(=O)(=O)Cc3c(Cl)cccc3Cl)C2)c1. The molecule has 0 unspecified atom stereocenters. The first-order valence-electron chi connectivity index (χ1n) is 9.45. The first-order valence-corrected chi connectivity index (χ1v) is 11.8. The molecule has 2 aromatic rings. The van der Waals surface area contributed by atoms with E-state index in [0.29, 0.717) is 35.0 Å². The van der Waals surface area contributed by atoms with Crippen molar-refractivity contribution in [2.24, 2.45) is 5.92 Å². The molecule has 1 aliphatic rings. The standard InChI is InChI=1S/C21H24Cl2N2O3S/c1-14-9-15(2)11-17(10-14)24-21(26)16-5-4-8-25(12-16)29(27,28)13-18-19(22)6-3-7-20(18)23/h3,6-7,9-11,16H,4-5,8,12-13H2,1-2H3,(H,24,26)/t16-/m0/s1. The van der Waals surface area contributed by atoms with Gasteiger partial charge in [0.25, 0.3) is 0 Å². The molecule has 1 fully saturated rings. The van der Waals surface area contributed by atoms with E-state index in [1.165, 1.54) is 4.31 Å². The van der Waals surface area contributed by atoms with Crippen molar-refractivity contribution in [2.45, 2.75) is 32.4 Å². The summed E-state index contributed by atoms with van der Waals surface area (Å²) in [6.45, 7) is 4.48. The Balaban J connectivity index is 1.71. The van der Waals surface area contributed by atoms with Crippen LogP contribution in [0.1, 0.15) is 29.5 Å². The molecule has 1 amide bonds. The molecule has 156 valence electrons. The number of carbonyl (C=O) groups excluding carboxylic acids is 1. The van der Waals surface area contributed by atoms with Crippen LogP contribution in [0.5, 0.6) is 0 Å². The van der Waals surface area contributed by atoms with Crippen molar-refractivity contribution in [3.8, 4) is 0 Å². The normalized spacial score (nSPS) is 17.9. The van der Waals surface area contributed by atoms with Gasteiger partial charge in [-0.3, -0.25) is 4.79 Å². The number of benzene rings is 2. The Morgan fingerprint density at radius 3 is 2.38 bits per heavy atom. The summed E-state index contributed by atoms with van der Waals surface area (Å²) in [5.41, 5.74) is 3.24. The zero-order valence-corrected chi connectivity index (χ0v) is 18.7. The maximum atomic E-state index is 13.0. The third-order valence-corrected chi connectivity index (χ3v) is 7.51. The third-order valence-electron chi connectivity index (χ3n) is 5.03. The Hall–Kier alpha value is -1.60. The van der Waals surface area contributed by atoms with Crippen LogP contribution in [0.25, 0.3) is 0 Å². The summed E-state index contributed by atoms with van der Waals surface area (Å²) in [6.07, 6.45) is 1.27. The van der Waals surface area contributed by atoms with E-state index in [1.54, 1.807) is 18.2 Å². The van der Waals surface area contributed by atoms with Crippen LogP contribution >= 0.6 is 23.2 Å². The minimum Gasteiger partial charge on any atom is -0.326 e. The van der Waals surface area contributed by atoms with E-state index >= 15 is 0 Å². The molecule has 0 bridgehead atoms. The number of nitrogens with one attached hydrogen (secondary N) is 1. The highest BCUT2D eigenvalue weighted by molar-refractivity contribution is 7.88. The molecule has 0 aliphatic carbocycles. The molecule has 2 aromatic carbocycles. The van der Waals surface area contributed by atoms with Crippen LogP contribution in [0.2, 0.25) is 10.0 Å². The fraction of sp³-hybridized carbons (Fsp3) is 0.381. The number of carbonyl (C=O) groups is 1. The molecule has 1 N–H and O–H groups in total. The molecule has 1 aliphatic heterocycles. The van der Waals surface area contributed by atoms with Crippen LogP contribution < -0.4 is 5.32 Å². The lowest BCUT2D eigenvalue weighted by Crippen LogP contribution is -2.44. The number of hydrogen-bond donors (Lipinski definition) is 1. The quantitative estimate of drug-likeness (QED) is 0.705. The summed E-state index contributed by atoms with van der Waals surface area (Å²) >= 11 is 12.3. The fourth-order valence-corrected chi connectivity index (χ4v) is 6.01. The number of amides is 1. The number of halogens is 2. The maximum Gasteiger partial charge on any atom is 0.228 e. The van der Waals surface area contributed by atoms with Crippen LogP contribution in [0.15, 0.2) is 36.4 Å². The van der Waals surface area contributed by atoms with Crippen molar-refractivity contribution < 1.29 is 13.2 Å². The van der Waals surface area contributed by atoms with E-state index in [0.717, 1.165) is 16.8 Å². The van der Waals surface area contributed by atoms with Crippen LogP contribution in [-0.4, -0.2) is 31.7 Å². The van der Waals surface area contributed by atoms with Crippen LogP contribution in [-0.2, 0) is 20.6 Å². The van der Waals surface area contributed by atoms with E-state index in [-0.39, 0.29) is 18.2 Å². The largest absolute Gasteiger partial charge is 0.326 e. The number of hydrogen-bond acceptors (Lipinski definition) is 3. The van der Waals surface area contributed by atoms with Gasteiger partial charge in [-0.1, -0.05) is 35.3 Å². The lowest BCUT2D eigenvalue weighted by molar-refractivity contribution is -0.120. The molecule has 5 nitrogen and oxygen atoms in total. The lowest BCUT2D eigenvalue weighted by Gasteiger charge is -2.31. The summed E-state index contributed by atoms with van der Waals surface area (Å²) < 4.78 is 27.3. The Labute approximate surface area is 182 Å². The summed E-state index contributed by atoms with van der Waals surface area (Å²) in [6, 6.07) is 10.8. The Kier molecular flexibility index (Phi) is 6.89. The van der Waals surface area contributed by atoms with E-state index < -0.39 is 15.9 Å². The molecule has 0 radical (unpaired) electrons. The second-order valence-corrected chi connectivity index (χ2v) is 10.3. The molecule has 29 heavy (non-hydrogen) atoms. The van der Waals surface area contributed by atoms with Gasteiger partial charge in [-0.15, -0.1) is 0 Å². The zero-order valence-electron chi connectivity index (χ0n) is 16.4. The van der Waals surface area contributed by atoms with E-state index in [9.17, 15) is 13.2 Å². The minimum absolute atomic E-state index is 0.154. The minimum atomic E-state index is -3.65. The van der Waals surface area contributed by atoms with Gasteiger partial charge in [0.2, 0.25) is 15.9 Å². The molecule has 1 saturated heterocycles. The van der Waals surface area contributed by atoms with Crippen molar-refractivity contribution in [1.82, 2.24) is 4.31 Å². The summed E-state index contributed by atoms with van der Waals surface area (Å²) in [4.78, 5) is 12.8. The average molecular weight is 455 g/mol. The van der Waals surface area contributed by atoms with Gasteiger partial charge in [-0.2, -0.15) is 0 Å². The van der Waals surface area contributed by atoms with Crippen molar-refractivity contribution in [3.05, 3.63) is 63.1 Å². The number of sulfonamides is 1. The molecule has 1 atom stereocenters. The van der Waals surface area contributed by atoms with E-state index in [1.807, 2.05) is 32.0 Å². The molecule has 0 spiro atoms. The summed E-state index contributed by atoms with van der Waals surface area (Å²) in [7, 11) is -3.65. The number of nitrogens with zero attached hydrogens (tertiary/aromatic N) is 1. The molecule has 0 aromatic heterocycles. The number of rotatable bonds is 5. The highest BCUT2D eigenvalue weighted by Crippen LogP contribution is 2.29. The van der Waals surface area contributed by atoms with Gasteiger partial charge < -0.3 is 5.32 Å². The van der Waals surface area contributed by atoms with E-state index in [2.05, 4.69) is 5.32 Å². The first kappa shape index (κ1) is 22.1. The van der Waals surface area contributed by atoms with Crippen molar-refractivity contribution >= 4 is 44.8 Å². The smallest absolute Gasteiger partial charge is 0.228 e. The van der Waals surface area contributed by atoms with Gasteiger partial charge in [0.15, 0.2) is 0 Å². The second kappa shape index (κ2) is 9.04. The average Bonchev–Trinajstić information content (AvgIpc) is 2.64. The highest BCUT2D eigenvalue weighted by atomic mass is 35.5. The van der Waals surface area contributed by atoms with Gasteiger partial charge >= 0.3 is 0 Å². The third kappa shape index (κ3) is 5.51. The molecule has 0 saturated carbocycles. The van der Waals surface area contributed by atoms with Gasteiger partial charge in [-0.25, -0.2) is 12.7 Å². The van der Waals surface area contributed by atoms with Gasteiger partial charge in [-0.05, 0) is 62.1 Å². The Morgan fingerprint density at radius 2 is 1.76 bits per heavy atom. The molecular formula is C21H24Cl2N2O3S. The van der Waals surface area contributed by atoms with Crippen molar-refractivity contribution in [2.75, 3.05) is 18.4 Å². The molecule has 3 rings (SSSR count). The van der Waals surface area contributed by atoms with Crippen LogP contribution in [0.3, 0.4) is 0 Å². The number of anilines is 1. The fourth-order valence-electron chi connectivity index (χ4n) is 3.64. The second-order valence-electron chi connectivity index (χ2n) is 7.52. The Bertz CT molecular complexity index is 984. The first-order chi connectivity index (χ1) is 13.7. The van der Waals surface area contributed by atoms with Gasteiger partial charge in [0, 0.05) is 34.4 Å². The summed E-state index contributed by atoms with van der Waals surface area (Å²) in [5.74, 6) is -0.844. The molecular weight excluding hydrogens is 431 g/mol. The molecule has 1 heterocycles. The van der Waals surface area contributed by atoms with Crippen LogP contribution in [0, 0.1) is 19.8 Å². The topological polar surface area (TPSA) is 66.5 Å². The van der Waals surface area contributed by atoms with Crippen molar-refractivity contribution in [3.63, 3.8) is 0 Å². The van der Waals surface area contributed by atoms with Gasteiger partial charge in [0.05, 0.1) is 11.7 Å². The van der Waals surface area contributed by atoms with Crippen LogP contribution in [0.4, 0.5) is 5.69 Å². The highest BCUT2D eigenvalue weighted by Gasteiger charge is 2.33. The monoisotopic (exact) mass is 454 g/mol. The lowest BCUT2D eigenvalue weighted by atomic mass is 9.98. The van der Waals surface area contributed by atoms with Gasteiger partial charge in [0.1, 0.15) is 0 Å². The summed E-state index contributed by atoms with van der Waals surface area (Å²) in [5, 5.41) is 3.57. The number of piperidine rings is 1. The number of aryl methyl sites for hydroxylation is 2. The maximum absolute atomic E-state index is 13.0. The zero-order chi connectivity index (χ0) is 21.2.